The topological polar surface area (TPSA) is 122 Å². The van der Waals surface area contributed by atoms with Crippen molar-refractivity contribution in [2.24, 2.45) is 5.92 Å². The second-order valence-electron chi connectivity index (χ2n) is 7.29. The van der Waals surface area contributed by atoms with E-state index in [1.165, 1.54) is 17.6 Å². The van der Waals surface area contributed by atoms with Crippen LogP contribution in [-0.4, -0.2) is 30.2 Å². The van der Waals surface area contributed by atoms with Crippen molar-refractivity contribution in [1.82, 2.24) is 15.4 Å². The number of benzene rings is 1. The standard InChI is InChI=1S/C19H16F3N3O5S2/c1-10-16(11-5-3-2-4-6-11)18(10,17(26)23-27)25-32(28,29)15-8-7-13(31-15)12-9-14(30-24-12)19(20,21)22/h2-10,16,25,27H,1H3,(H,23,26)/t10?,16-,18-/m0/s1. The molecular weight excluding hydrogens is 471 g/mol. The van der Waals surface area contributed by atoms with E-state index in [0.717, 1.165) is 0 Å². The number of hydroxylamine groups is 1. The molecule has 0 bridgehead atoms. The zero-order valence-corrected chi connectivity index (χ0v) is 17.9. The monoisotopic (exact) mass is 487 g/mol. The molecule has 8 nitrogen and oxygen atoms in total. The summed E-state index contributed by atoms with van der Waals surface area (Å²) < 4.78 is 70.7. The van der Waals surface area contributed by atoms with Crippen LogP contribution in [0, 0.1) is 5.92 Å². The van der Waals surface area contributed by atoms with Gasteiger partial charge in [0.2, 0.25) is 5.76 Å². The summed E-state index contributed by atoms with van der Waals surface area (Å²) in [6, 6.07) is 11.9. The van der Waals surface area contributed by atoms with Crippen molar-refractivity contribution in [3.8, 4) is 10.6 Å². The number of halogens is 3. The third-order valence-electron chi connectivity index (χ3n) is 5.43. The highest BCUT2D eigenvalue weighted by Crippen LogP contribution is 2.58. The number of aromatic nitrogens is 1. The van der Waals surface area contributed by atoms with Crippen LogP contribution in [-0.2, 0) is 21.0 Å². The Kier molecular flexibility index (Phi) is 5.40. The third-order valence-corrected chi connectivity index (χ3v) is 8.51. The van der Waals surface area contributed by atoms with Gasteiger partial charge in [-0.3, -0.25) is 10.0 Å². The molecule has 1 aliphatic rings. The van der Waals surface area contributed by atoms with E-state index in [0.29, 0.717) is 23.0 Å². The molecule has 1 aliphatic carbocycles. The maximum absolute atomic E-state index is 13.1. The van der Waals surface area contributed by atoms with Gasteiger partial charge in [0, 0.05) is 12.0 Å². The fourth-order valence-corrected chi connectivity index (χ4v) is 6.54. The summed E-state index contributed by atoms with van der Waals surface area (Å²) in [4.78, 5) is 12.6. The molecule has 3 aromatic rings. The molecule has 1 amide bonds. The van der Waals surface area contributed by atoms with Crippen LogP contribution < -0.4 is 10.2 Å². The van der Waals surface area contributed by atoms with Gasteiger partial charge in [0.15, 0.2) is 0 Å². The van der Waals surface area contributed by atoms with Crippen molar-refractivity contribution in [2.45, 2.75) is 28.8 Å². The molecule has 170 valence electrons. The van der Waals surface area contributed by atoms with Crippen molar-refractivity contribution < 1.29 is 36.1 Å². The Morgan fingerprint density at radius 3 is 2.50 bits per heavy atom. The van der Waals surface area contributed by atoms with Crippen LogP contribution in [0.3, 0.4) is 0 Å². The van der Waals surface area contributed by atoms with Gasteiger partial charge in [-0.25, -0.2) is 13.9 Å². The zero-order valence-electron chi connectivity index (χ0n) is 16.3. The summed E-state index contributed by atoms with van der Waals surface area (Å²) >= 11 is 0.668. The van der Waals surface area contributed by atoms with Crippen molar-refractivity contribution in [2.75, 3.05) is 0 Å². The fourth-order valence-electron chi connectivity index (χ4n) is 3.82. The first-order valence-corrected chi connectivity index (χ1v) is 11.5. The Balaban J connectivity index is 1.64. The number of sulfonamides is 1. The molecule has 2 aromatic heterocycles. The Bertz CT molecular complexity index is 1260. The predicted molar refractivity (Wildman–Crippen MR) is 106 cm³/mol. The number of carbonyl (C=O) groups excluding carboxylic acids is 1. The Hall–Kier alpha value is -2.74. The highest BCUT2D eigenvalue weighted by molar-refractivity contribution is 7.91. The molecule has 3 atom stereocenters. The van der Waals surface area contributed by atoms with Gasteiger partial charge in [0.05, 0.1) is 4.88 Å². The van der Waals surface area contributed by atoms with Crippen molar-refractivity contribution in [3.63, 3.8) is 0 Å². The van der Waals surface area contributed by atoms with Crippen LogP contribution in [0.4, 0.5) is 13.2 Å². The smallest absolute Gasteiger partial charge is 0.351 e. The minimum Gasteiger partial charge on any atom is -0.351 e. The maximum atomic E-state index is 13.1. The highest BCUT2D eigenvalue weighted by Gasteiger charge is 2.69. The van der Waals surface area contributed by atoms with Crippen LogP contribution in [0.2, 0.25) is 0 Å². The van der Waals surface area contributed by atoms with Crippen LogP contribution in [0.5, 0.6) is 0 Å². The van der Waals surface area contributed by atoms with E-state index in [2.05, 4.69) is 14.4 Å². The van der Waals surface area contributed by atoms with Crippen LogP contribution in [0.1, 0.15) is 24.2 Å². The molecule has 32 heavy (non-hydrogen) atoms. The Morgan fingerprint density at radius 2 is 1.91 bits per heavy atom. The lowest BCUT2D eigenvalue weighted by molar-refractivity contribution is -0.155. The minimum absolute atomic E-state index is 0.133. The molecule has 4 rings (SSSR count). The summed E-state index contributed by atoms with van der Waals surface area (Å²) in [6.45, 7) is 1.67. The van der Waals surface area contributed by atoms with Crippen molar-refractivity contribution in [1.29, 1.82) is 0 Å². The molecule has 1 aromatic carbocycles. The first-order chi connectivity index (χ1) is 15.0. The summed E-state index contributed by atoms with van der Waals surface area (Å²) in [7, 11) is -4.28. The van der Waals surface area contributed by atoms with Crippen molar-refractivity contribution in [3.05, 3.63) is 59.9 Å². The van der Waals surface area contributed by atoms with Crippen LogP contribution in [0.25, 0.3) is 10.6 Å². The van der Waals surface area contributed by atoms with Crippen LogP contribution in [0.15, 0.2) is 57.3 Å². The summed E-state index contributed by atoms with van der Waals surface area (Å²) in [5, 5.41) is 12.6. The lowest BCUT2D eigenvalue weighted by atomic mass is 10.1. The van der Waals surface area contributed by atoms with Gasteiger partial charge in [-0.2, -0.15) is 17.9 Å². The van der Waals surface area contributed by atoms with E-state index in [9.17, 15) is 31.6 Å². The lowest BCUT2D eigenvalue weighted by Crippen LogP contribution is -2.50. The normalized spacial score (nSPS) is 23.2. The van der Waals surface area contributed by atoms with E-state index in [1.54, 1.807) is 37.3 Å². The average molecular weight is 487 g/mol. The fraction of sp³-hybridized carbons (Fsp3) is 0.263. The van der Waals surface area contributed by atoms with Gasteiger partial charge in [0.25, 0.3) is 15.9 Å². The Labute approximate surface area is 184 Å². The molecule has 0 aliphatic heterocycles. The first kappa shape index (κ1) is 22.5. The van der Waals surface area contributed by atoms with Gasteiger partial charge >= 0.3 is 6.18 Å². The van der Waals surface area contributed by atoms with E-state index < -0.39 is 45.2 Å². The number of carbonyl (C=O) groups is 1. The summed E-state index contributed by atoms with van der Waals surface area (Å²) in [5.41, 5.74) is 0.436. The number of nitrogens with zero attached hydrogens (tertiary/aromatic N) is 1. The van der Waals surface area contributed by atoms with Gasteiger partial charge < -0.3 is 4.52 Å². The molecule has 1 saturated carbocycles. The second kappa shape index (κ2) is 7.69. The first-order valence-electron chi connectivity index (χ1n) is 9.18. The SMILES string of the molecule is CC1[C@@H](c2ccccc2)[C@]1(NS(=O)(=O)c1ccc(-c2cc(C(F)(F)F)on2)s1)C(=O)NO. The molecule has 0 saturated heterocycles. The third kappa shape index (κ3) is 3.70. The molecule has 0 radical (unpaired) electrons. The molecular formula is C19H16F3N3O5S2. The molecule has 1 unspecified atom stereocenters. The number of nitrogens with one attached hydrogen (secondary N) is 2. The van der Waals surface area contributed by atoms with Crippen molar-refractivity contribution >= 4 is 27.3 Å². The molecule has 0 spiro atoms. The predicted octanol–water partition coefficient (Wildman–Crippen LogP) is 3.38. The summed E-state index contributed by atoms with van der Waals surface area (Å²) in [6.07, 6.45) is -4.72. The highest BCUT2D eigenvalue weighted by atomic mass is 32.2. The number of thiophene rings is 1. The average Bonchev–Trinajstić information content (AvgIpc) is 3.20. The van der Waals surface area contributed by atoms with E-state index in [1.807, 2.05) is 0 Å². The van der Waals surface area contributed by atoms with E-state index in [4.69, 9.17) is 0 Å². The number of hydrogen-bond acceptors (Lipinski definition) is 7. The van der Waals surface area contributed by atoms with E-state index >= 15 is 0 Å². The minimum atomic E-state index is -4.72. The van der Waals surface area contributed by atoms with Gasteiger partial charge in [0.1, 0.15) is 15.4 Å². The molecule has 3 N–H and O–H groups in total. The number of alkyl halides is 3. The number of amides is 1. The second-order valence-corrected chi connectivity index (χ2v) is 10.3. The van der Waals surface area contributed by atoms with E-state index in [-0.39, 0.29) is 14.8 Å². The molecule has 13 heteroatoms. The molecule has 1 fully saturated rings. The molecule has 2 heterocycles. The largest absolute Gasteiger partial charge is 0.452 e. The number of rotatable bonds is 6. The van der Waals surface area contributed by atoms with Gasteiger partial charge in [-0.1, -0.05) is 42.4 Å². The summed E-state index contributed by atoms with van der Waals surface area (Å²) in [5.74, 6) is -3.23. The number of hydrogen-bond donors (Lipinski definition) is 3. The van der Waals surface area contributed by atoms with Crippen LogP contribution >= 0.6 is 11.3 Å². The zero-order chi connectivity index (χ0) is 23.3. The maximum Gasteiger partial charge on any atom is 0.452 e. The lowest BCUT2D eigenvalue weighted by Gasteiger charge is -2.17. The Morgan fingerprint density at radius 1 is 1.22 bits per heavy atom. The van der Waals surface area contributed by atoms with Gasteiger partial charge in [-0.15, -0.1) is 11.3 Å². The quantitative estimate of drug-likeness (QED) is 0.362. The van der Waals surface area contributed by atoms with Gasteiger partial charge in [-0.05, 0) is 23.6 Å².